The topological polar surface area (TPSA) is 117 Å². The van der Waals surface area contributed by atoms with Gasteiger partial charge < -0.3 is 25.3 Å². The van der Waals surface area contributed by atoms with Crippen LogP contribution in [0.1, 0.15) is 55.2 Å². The Bertz CT molecular complexity index is 1680. The molecular formula is C40H44F2N2O6. The lowest BCUT2D eigenvalue weighted by molar-refractivity contribution is -0.148. The Hall–Kier alpha value is -5.77. The van der Waals surface area contributed by atoms with E-state index >= 15 is 0 Å². The summed E-state index contributed by atoms with van der Waals surface area (Å²) in [5.74, 6) is -2.05. The molecule has 0 saturated heterocycles. The van der Waals surface area contributed by atoms with Crippen molar-refractivity contribution in [2.24, 2.45) is 0 Å². The van der Waals surface area contributed by atoms with Crippen molar-refractivity contribution in [3.63, 3.8) is 0 Å². The average molecular weight is 687 g/mol. The number of nitrogen functional groups attached to an aromatic ring is 1. The van der Waals surface area contributed by atoms with Crippen molar-refractivity contribution in [1.29, 1.82) is 0 Å². The van der Waals surface area contributed by atoms with Gasteiger partial charge in [-0.05, 0) is 87.4 Å². The lowest BCUT2D eigenvalue weighted by atomic mass is 9.98. The summed E-state index contributed by atoms with van der Waals surface area (Å²) in [5.41, 5.74) is 10.7. The Labute approximate surface area is 292 Å². The molecule has 0 spiro atoms. The summed E-state index contributed by atoms with van der Waals surface area (Å²) in [6.45, 7) is 16.8. The second kappa shape index (κ2) is 20.6. The number of carbonyl (C=O) groups excluding carboxylic acids is 3. The van der Waals surface area contributed by atoms with E-state index in [0.29, 0.717) is 22.5 Å². The second-order valence-corrected chi connectivity index (χ2v) is 10.9. The van der Waals surface area contributed by atoms with Crippen molar-refractivity contribution < 1.29 is 37.4 Å². The van der Waals surface area contributed by atoms with E-state index in [1.807, 2.05) is 50.2 Å². The predicted octanol–water partition coefficient (Wildman–Crippen LogP) is 8.53. The molecule has 0 aliphatic carbocycles. The highest BCUT2D eigenvalue weighted by Crippen LogP contribution is 2.28. The van der Waals surface area contributed by atoms with E-state index in [-0.39, 0.29) is 30.4 Å². The zero-order valence-electron chi connectivity index (χ0n) is 29.0. The fraction of sp³-hybridized carbons (Fsp3) is 0.225. The molecule has 8 nitrogen and oxygen atoms in total. The molecule has 4 aromatic carbocycles. The van der Waals surface area contributed by atoms with Gasteiger partial charge in [-0.3, -0.25) is 4.79 Å². The molecule has 4 aromatic rings. The molecule has 0 fully saturated rings. The number of nitrogens with one attached hydrogen (secondary N) is 1. The van der Waals surface area contributed by atoms with Crippen molar-refractivity contribution >= 4 is 29.3 Å². The van der Waals surface area contributed by atoms with Gasteiger partial charge in [0.25, 0.3) is 0 Å². The number of carbonyl (C=O) groups is 3. The summed E-state index contributed by atoms with van der Waals surface area (Å²) in [4.78, 5) is 34.9. The maximum absolute atomic E-state index is 13.1. The van der Waals surface area contributed by atoms with Gasteiger partial charge in [0.05, 0.1) is 30.4 Å². The molecule has 0 aromatic heterocycles. The molecule has 0 aliphatic rings. The van der Waals surface area contributed by atoms with Crippen LogP contribution in [-0.2, 0) is 28.6 Å². The van der Waals surface area contributed by atoms with Gasteiger partial charge in [-0.25, -0.2) is 18.4 Å². The third-order valence-electron chi connectivity index (χ3n) is 6.84. The van der Waals surface area contributed by atoms with Gasteiger partial charge in [0.15, 0.2) is 6.10 Å². The maximum atomic E-state index is 13.1. The molecule has 264 valence electrons. The SMILES string of the molecule is C=C(C(=O)OCC)C(Nc1ccc(F)cc1)c1ccc(C)cc1.C=C(C(=O)OCC)C(OC(C)=O)c1ccc(C)cc1.Nc1ccc(F)cc1. The van der Waals surface area contributed by atoms with Crippen LogP contribution in [0.5, 0.6) is 0 Å². The standard InChI is InChI=1S/C19H20FNO2.C15H18O4.C6H6FN/c1-4-23-19(22)14(3)18(15-7-5-13(2)6-8-15)21-17-11-9-16(20)10-12-17;1-5-18-15(17)11(3)14(19-12(4)16)13-8-6-10(2)7-9-13;7-5-1-3-6(8)4-2-5/h5-12,18,21H,3-4H2,1-2H3;6-9,14H,3,5H2,1-2,4H3;1-4H,8H2. The first kappa shape index (κ1) is 40.4. The summed E-state index contributed by atoms with van der Waals surface area (Å²) in [6, 6.07) is 26.4. The molecule has 3 N–H and O–H groups in total. The van der Waals surface area contributed by atoms with Crippen LogP contribution in [0.25, 0.3) is 0 Å². The molecule has 2 atom stereocenters. The minimum absolute atomic E-state index is 0.112. The second-order valence-electron chi connectivity index (χ2n) is 10.9. The van der Waals surface area contributed by atoms with E-state index in [0.717, 1.165) is 16.7 Å². The highest BCUT2D eigenvalue weighted by Gasteiger charge is 2.25. The highest BCUT2D eigenvalue weighted by atomic mass is 19.1. The van der Waals surface area contributed by atoms with Crippen molar-refractivity contribution in [1.82, 2.24) is 0 Å². The van der Waals surface area contributed by atoms with Gasteiger partial charge in [-0.15, -0.1) is 0 Å². The van der Waals surface area contributed by atoms with Crippen LogP contribution in [0.4, 0.5) is 20.2 Å². The van der Waals surface area contributed by atoms with Crippen molar-refractivity contribution in [2.75, 3.05) is 24.3 Å². The van der Waals surface area contributed by atoms with Crippen LogP contribution in [0, 0.1) is 25.5 Å². The number of anilines is 2. The number of aryl methyl sites for hydroxylation is 2. The third-order valence-corrected chi connectivity index (χ3v) is 6.84. The fourth-order valence-corrected chi connectivity index (χ4v) is 4.23. The Balaban J connectivity index is 0.000000288. The van der Waals surface area contributed by atoms with Crippen LogP contribution in [0.15, 0.2) is 121 Å². The lowest BCUT2D eigenvalue weighted by Crippen LogP contribution is -2.20. The number of halogens is 2. The van der Waals surface area contributed by atoms with Gasteiger partial charge in [-0.2, -0.15) is 0 Å². The predicted molar refractivity (Wildman–Crippen MR) is 192 cm³/mol. The molecule has 0 heterocycles. The first-order valence-corrected chi connectivity index (χ1v) is 15.8. The molecule has 4 rings (SSSR count). The molecule has 0 aliphatic heterocycles. The molecule has 0 bridgehead atoms. The Kier molecular flexibility index (Phi) is 16.6. The monoisotopic (exact) mass is 686 g/mol. The van der Waals surface area contributed by atoms with Gasteiger partial charge in [0.1, 0.15) is 11.6 Å². The first-order chi connectivity index (χ1) is 23.7. The number of benzene rings is 4. The quantitative estimate of drug-likeness (QED) is 0.0698. The van der Waals surface area contributed by atoms with Crippen LogP contribution in [0.2, 0.25) is 0 Å². The number of hydrogen-bond acceptors (Lipinski definition) is 8. The molecule has 0 amide bonds. The van der Waals surface area contributed by atoms with E-state index in [1.165, 1.54) is 43.3 Å². The van der Waals surface area contributed by atoms with Crippen LogP contribution in [-0.4, -0.2) is 31.1 Å². The molecule has 0 radical (unpaired) electrons. The summed E-state index contributed by atoms with van der Waals surface area (Å²) in [6.07, 6.45) is -0.808. The van der Waals surface area contributed by atoms with Crippen molar-refractivity contribution in [3.8, 4) is 0 Å². The zero-order valence-corrected chi connectivity index (χ0v) is 29.0. The van der Waals surface area contributed by atoms with Gasteiger partial charge >= 0.3 is 17.9 Å². The van der Waals surface area contributed by atoms with Crippen molar-refractivity contribution in [3.05, 3.63) is 155 Å². The number of nitrogens with two attached hydrogens (primary N) is 1. The zero-order chi connectivity index (χ0) is 37.2. The summed E-state index contributed by atoms with van der Waals surface area (Å²) in [5, 5.41) is 3.21. The minimum atomic E-state index is -0.808. The first-order valence-electron chi connectivity index (χ1n) is 15.8. The van der Waals surface area contributed by atoms with Crippen molar-refractivity contribution in [2.45, 2.75) is 46.8 Å². The molecule has 50 heavy (non-hydrogen) atoms. The summed E-state index contributed by atoms with van der Waals surface area (Å²) < 4.78 is 40.2. The highest BCUT2D eigenvalue weighted by molar-refractivity contribution is 5.90. The van der Waals surface area contributed by atoms with Gasteiger partial charge in [0.2, 0.25) is 0 Å². The number of esters is 3. The minimum Gasteiger partial charge on any atom is -0.463 e. The van der Waals surface area contributed by atoms with E-state index in [9.17, 15) is 23.2 Å². The normalized spacial score (nSPS) is 11.2. The smallest absolute Gasteiger partial charge is 0.337 e. The van der Waals surface area contributed by atoms with Crippen LogP contribution >= 0.6 is 0 Å². The van der Waals surface area contributed by atoms with E-state index in [2.05, 4.69) is 18.5 Å². The maximum Gasteiger partial charge on any atom is 0.337 e. The Morgan fingerprint density at radius 3 is 1.52 bits per heavy atom. The van der Waals surface area contributed by atoms with E-state index in [4.69, 9.17) is 19.9 Å². The summed E-state index contributed by atoms with van der Waals surface area (Å²) >= 11 is 0. The van der Waals surface area contributed by atoms with Gasteiger partial charge in [-0.1, -0.05) is 72.8 Å². The average Bonchev–Trinajstić information content (AvgIpc) is 3.09. The summed E-state index contributed by atoms with van der Waals surface area (Å²) in [7, 11) is 0. The lowest BCUT2D eigenvalue weighted by Gasteiger charge is -2.22. The van der Waals surface area contributed by atoms with E-state index in [1.54, 1.807) is 38.1 Å². The fourth-order valence-electron chi connectivity index (χ4n) is 4.23. The Morgan fingerprint density at radius 2 is 1.10 bits per heavy atom. The molecule has 2 unspecified atom stereocenters. The molecule has 10 heteroatoms. The van der Waals surface area contributed by atoms with Crippen LogP contribution < -0.4 is 11.1 Å². The molecular weight excluding hydrogens is 642 g/mol. The Morgan fingerprint density at radius 1 is 0.680 bits per heavy atom. The number of hydrogen-bond donors (Lipinski definition) is 2. The third kappa shape index (κ3) is 13.8. The largest absolute Gasteiger partial charge is 0.463 e. The van der Waals surface area contributed by atoms with E-state index < -0.39 is 30.1 Å². The van der Waals surface area contributed by atoms with Gasteiger partial charge in [0, 0.05) is 18.3 Å². The number of ether oxygens (including phenoxy) is 3. The molecule has 0 saturated carbocycles. The number of rotatable bonds is 11. The van der Waals surface area contributed by atoms with Crippen LogP contribution in [0.3, 0.4) is 0 Å².